The Morgan fingerprint density at radius 1 is 1.32 bits per heavy atom. The first-order valence-electron chi connectivity index (χ1n) is 7.53. The third kappa shape index (κ3) is 4.03. The molecule has 1 aliphatic carbocycles. The Hall–Kier alpha value is -0.900. The minimum absolute atomic E-state index is 0.255. The van der Waals surface area contributed by atoms with Crippen molar-refractivity contribution < 1.29 is 4.52 Å². The average Bonchev–Trinajstić information content (AvgIpc) is 2.95. The van der Waals surface area contributed by atoms with Gasteiger partial charge in [-0.25, -0.2) is 0 Å². The maximum atomic E-state index is 5.63. The summed E-state index contributed by atoms with van der Waals surface area (Å²) in [5.74, 6) is 3.04. The van der Waals surface area contributed by atoms with Crippen molar-refractivity contribution in [2.24, 2.45) is 17.1 Å². The van der Waals surface area contributed by atoms with Crippen LogP contribution in [0, 0.1) is 11.3 Å². The predicted octanol–water partition coefficient (Wildman–Crippen LogP) is 3.28. The third-order valence-electron chi connectivity index (χ3n) is 4.38. The summed E-state index contributed by atoms with van der Waals surface area (Å²) in [6.07, 6.45) is 6.65. The van der Waals surface area contributed by atoms with Gasteiger partial charge in [-0.3, -0.25) is 0 Å². The molecule has 108 valence electrons. The zero-order chi connectivity index (χ0) is 13.9. The van der Waals surface area contributed by atoms with Crippen LogP contribution in [0.2, 0.25) is 0 Å². The van der Waals surface area contributed by atoms with Crippen LogP contribution in [0.4, 0.5) is 0 Å². The largest absolute Gasteiger partial charge is 0.339 e. The predicted molar refractivity (Wildman–Crippen MR) is 75.8 cm³/mol. The Bertz CT molecular complexity index is 400. The second-order valence-corrected chi connectivity index (χ2v) is 6.86. The second-order valence-electron chi connectivity index (χ2n) is 6.86. The van der Waals surface area contributed by atoms with Crippen molar-refractivity contribution in [3.05, 3.63) is 11.7 Å². The van der Waals surface area contributed by atoms with Gasteiger partial charge in [-0.2, -0.15) is 4.98 Å². The highest BCUT2D eigenvalue weighted by Crippen LogP contribution is 2.36. The number of rotatable bonds is 6. The van der Waals surface area contributed by atoms with E-state index in [0.717, 1.165) is 43.4 Å². The summed E-state index contributed by atoms with van der Waals surface area (Å²) in [4.78, 5) is 4.58. The minimum atomic E-state index is 0.255. The molecule has 2 atom stereocenters. The molecule has 0 aliphatic heterocycles. The molecule has 2 rings (SSSR count). The molecule has 1 fully saturated rings. The summed E-state index contributed by atoms with van der Waals surface area (Å²) in [5, 5.41) is 4.17. The Kier molecular flexibility index (Phi) is 4.61. The van der Waals surface area contributed by atoms with Gasteiger partial charge in [0.2, 0.25) is 5.89 Å². The molecule has 1 aromatic rings. The van der Waals surface area contributed by atoms with Gasteiger partial charge in [-0.15, -0.1) is 0 Å². The van der Waals surface area contributed by atoms with Gasteiger partial charge < -0.3 is 10.3 Å². The molecule has 0 amide bonds. The SMILES string of the molecule is CC1CCC(c2noc(CCC(C)(C)CCN)n2)C1. The van der Waals surface area contributed by atoms with Crippen LogP contribution < -0.4 is 5.73 Å². The van der Waals surface area contributed by atoms with Crippen LogP contribution in [0.1, 0.15) is 70.5 Å². The lowest BCUT2D eigenvalue weighted by molar-refractivity contribution is 0.288. The molecule has 0 spiro atoms. The number of aromatic nitrogens is 2. The van der Waals surface area contributed by atoms with Crippen LogP contribution in [0.15, 0.2) is 4.52 Å². The summed E-state index contributed by atoms with van der Waals surface area (Å²) >= 11 is 0. The van der Waals surface area contributed by atoms with E-state index in [4.69, 9.17) is 10.3 Å². The van der Waals surface area contributed by atoms with E-state index in [0.29, 0.717) is 5.92 Å². The van der Waals surface area contributed by atoms with Gasteiger partial charge in [0.25, 0.3) is 0 Å². The maximum Gasteiger partial charge on any atom is 0.226 e. The van der Waals surface area contributed by atoms with E-state index in [2.05, 4.69) is 30.9 Å². The first kappa shape index (κ1) is 14.5. The van der Waals surface area contributed by atoms with Crippen LogP contribution in [0.25, 0.3) is 0 Å². The summed E-state index contributed by atoms with van der Waals surface area (Å²) in [6, 6.07) is 0. The fourth-order valence-corrected chi connectivity index (χ4v) is 2.94. The second kappa shape index (κ2) is 6.04. The molecule has 1 heterocycles. The maximum absolute atomic E-state index is 5.63. The normalized spacial score (nSPS) is 24.0. The van der Waals surface area contributed by atoms with E-state index in [1.807, 2.05) is 0 Å². The van der Waals surface area contributed by atoms with Crippen molar-refractivity contribution in [2.75, 3.05) is 6.54 Å². The quantitative estimate of drug-likeness (QED) is 0.857. The highest BCUT2D eigenvalue weighted by Gasteiger charge is 2.27. The Labute approximate surface area is 116 Å². The zero-order valence-corrected chi connectivity index (χ0v) is 12.5. The van der Waals surface area contributed by atoms with E-state index >= 15 is 0 Å². The fourth-order valence-electron chi connectivity index (χ4n) is 2.94. The van der Waals surface area contributed by atoms with Crippen molar-refractivity contribution in [2.45, 2.75) is 65.2 Å². The van der Waals surface area contributed by atoms with Crippen LogP contribution in [-0.2, 0) is 6.42 Å². The van der Waals surface area contributed by atoms with Crippen molar-refractivity contribution in [3.63, 3.8) is 0 Å². The van der Waals surface area contributed by atoms with Crippen molar-refractivity contribution in [1.82, 2.24) is 10.1 Å². The van der Waals surface area contributed by atoms with Gasteiger partial charge in [0.15, 0.2) is 5.82 Å². The molecular formula is C15H27N3O. The zero-order valence-electron chi connectivity index (χ0n) is 12.5. The molecule has 2 N–H and O–H groups in total. The molecule has 4 heteroatoms. The number of hydrogen-bond donors (Lipinski definition) is 1. The lowest BCUT2D eigenvalue weighted by Gasteiger charge is -2.22. The summed E-state index contributed by atoms with van der Waals surface area (Å²) in [5.41, 5.74) is 5.89. The van der Waals surface area contributed by atoms with Gasteiger partial charge >= 0.3 is 0 Å². The third-order valence-corrected chi connectivity index (χ3v) is 4.38. The Morgan fingerprint density at radius 2 is 2.11 bits per heavy atom. The van der Waals surface area contributed by atoms with Crippen LogP contribution in [-0.4, -0.2) is 16.7 Å². The lowest BCUT2D eigenvalue weighted by Crippen LogP contribution is -2.17. The molecule has 0 saturated heterocycles. The van der Waals surface area contributed by atoms with Crippen LogP contribution in [0.5, 0.6) is 0 Å². The molecule has 2 unspecified atom stereocenters. The van der Waals surface area contributed by atoms with Gasteiger partial charge in [0.1, 0.15) is 0 Å². The lowest BCUT2D eigenvalue weighted by atomic mass is 9.84. The molecular weight excluding hydrogens is 238 g/mol. The van der Waals surface area contributed by atoms with Gasteiger partial charge in [-0.1, -0.05) is 25.9 Å². The molecule has 1 aromatic heterocycles. The molecule has 0 aromatic carbocycles. The summed E-state index contributed by atoms with van der Waals surface area (Å²) in [7, 11) is 0. The topological polar surface area (TPSA) is 64.9 Å². The van der Waals surface area contributed by atoms with E-state index < -0.39 is 0 Å². The van der Waals surface area contributed by atoms with Crippen LogP contribution >= 0.6 is 0 Å². The molecule has 0 bridgehead atoms. The van der Waals surface area contributed by atoms with Gasteiger partial charge in [-0.05, 0) is 50.0 Å². The standard InChI is InChI=1S/C15H27N3O/c1-11-4-5-12(10-11)14-17-13(19-18-14)6-7-15(2,3)8-9-16/h11-12H,4-10,16H2,1-3H3. The minimum Gasteiger partial charge on any atom is -0.339 e. The first-order chi connectivity index (χ1) is 9.00. The van der Waals surface area contributed by atoms with E-state index in [-0.39, 0.29) is 5.41 Å². The van der Waals surface area contributed by atoms with E-state index in [9.17, 15) is 0 Å². The molecule has 19 heavy (non-hydrogen) atoms. The first-order valence-corrected chi connectivity index (χ1v) is 7.53. The molecule has 1 aliphatic rings. The van der Waals surface area contributed by atoms with E-state index in [1.54, 1.807) is 0 Å². The van der Waals surface area contributed by atoms with Crippen molar-refractivity contribution in [1.29, 1.82) is 0 Å². The smallest absolute Gasteiger partial charge is 0.226 e. The molecule has 1 saturated carbocycles. The Morgan fingerprint density at radius 3 is 2.74 bits per heavy atom. The number of nitrogens with zero attached hydrogens (tertiary/aromatic N) is 2. The van der Waals surface area contributed by atoms with E-state index in [1.165, 1.54) is 19.3 Å². The number of aryl methyl sites for hydroxylation is 1. The number of hydrogen-bond acceptors (Lipinski definition) is 4. The number of nitrogens with two attached hydrogens (primary N) is 1. The van der Waals surface area contributed by atoms with Crippen molar-refractivity contribution in [3.8, 4) is 0 Å². The summed E-state index contributed by atoms with van der Waals surface area (Å²) in [6.45, 7) is 7.53. The van der Waals surface area contributed by atoms with Gasteiger partial charge in [0, 0.05) is 12.3 Å². The Balaban J connectivity index is 1.87. The van der Waals surface area contributed by atoms with Crippen LogP contribution in [0.3, 0.4) is 0 Å². The highest BCUT2D eigenvalue weighted by atomic mass is 16.5. The van der Waals surface area contributed by atoms with Crippen molar-refractivity contribution >= 4 is 0 Å². The highest BCUT2D eigenvalue weighted by molar-refractivity contribution is 4.99. The fraction of sp³-hybridized carbons (Fsp3) is 0.867. The molecule has 4 nitrogen and oxygen atoms in total. The summed E-state index contributed by atoms with van der Waals surface area (Å²) < 4.78 is 5.39. The average molecular weight is 265 g/mol. The molecule has 0 radical (unpaired) electrons. The van der Waals surface area contributed by atoms with Gasteiger partial charge in [0.05, 0.1) is 0 Å². The monoisotopic (exact) mass is 265 g/mol.